The van der Waals surface area contributed by atoms with Crippen LogP contribution in [-0.4, -0.2) is 56.3 Å². The highest BCUT2D eigenvalue weighted by atomic mass is 19.1. The average Bonchev–Trinajstić information content (AvgIpc) is 2.82. The summed E-state index contributed by atoms with van der Waals surface area (Å²) < 4.78 is 23.3. The zero-order chi connectivity index (χ0) is 14.5. The van der Waals surface area contributed by atoms with E-state index < -0.39 is 0 Å². The standard InChI is InChI=1S/C14H19FN2O3/c1-16(5-6-17-7-8-20-14(17)18)10-11-3-4-13(19-2)12(15)9-11/h3-4,9H,5-8,10H2,1-2H3. The lowest BCUT2D eigenvalue weighted by Crippen LogP contribution is -2.33. The number of benzene rings is 1. The van der Waals surface area contributed by atoms with Crippen LogP contribution in [0, 0.1) is 5.82 Å². The highest BCUT2D eigenvalue weighted by molar-refractivity contribution is 5.69. The van der Waals surface area contributed by atoms with Crippen LogP contribution in [0.3, 0.4) is 0 Å². The lowest BCUT2D eigenvalue weighted by molar-refractivity contribution is 0.155. The Hall–Kier alpha value is -1.82. The van der Waals surface area contributed by atoms with E-state index in [4.69, 9.17) is 9.47 Å². The molecular weight excluding hydrogens is 263 g/mol. The number of rotatable bonds is 6. The summed E-state index contributed by atoms with van der Waals surface area (Å²) in [5, 5.41) is 0. The molecule has 1 heterocycles. The third-order valence-corrected chi connectivity index (χ3v) is 3.27. The first-order valence-electron chi connectivity index (χ1n) is 6.53. The van der Waals surface area contributed by atoms with E-state index in [0.717, 1.165) is 5.56 Å². The van der Waals surface area contributed by atoms with E-state index in [9.17, 15) is 9.18 Å². The maximum absolute atomic E-state index is 13.6. The third-order valence-electron chi connectivity index (χ3n) is 3.27. The number of carbonyl (C=O) groups is 1. The summed E-state index contributed by atoms with van der Waals surface area (Å²) in [5.74, 6) is -0.113. The molecule has 5 nitrogen and oxygen atoms in total. The molecule has 20 heavy (non-hydrogen) atoms. The predicted molar refractivity (Wildman–Crippen MR) is 72.2 cm³/mol. The Morgan fingerprint density at radius 3 is 2.90 bits per heavy atom. The molecule has 1 amide bonds. The Kier molecular flexibility index (Phi) is 4.79. The van der Waals surface area contributed by atoms with Crippen molar-refractivity contribution in [2.45, 2.75) is 6.54 Å². The van der Waals surface area contributed by atoms with Gasteiger partial charge in [-0.15, -0.1) is 0 Å². The van der Waals surface area contributed by atoms with Crippen molar-refractivity contribution in [1.29, 1.82) is 0 Å². The summed E-state index contributed by atoms with van der Waals surface area (Å²) in [6, 6.07) is 4.93. The van der Waals surface area contributed by atoms with Crippen molar-refractivity contribution in [2.75, 3.05) is 40.4 Å². The Labute approximate surface area is 117 Å². The number of methoxy groups -OCH3 is 1. The molecule has 0 aliphatic carbocycles. The van der Waals surface area contributed by atoms with E-state index in [2.05, 4.69) is 0 Å². The van der Waals surface area contributed by atoms with Crippen LogP contribution >= 0.6 is 0 Å². The van der Waals surface area contributed by atoms with Gasteiger partial charge in [-0.25, -0.2) is 9.18 Å². The monoisotopic (exact) mass is 282 g/mol. The fourth-order valence-corrected chi connectivity index (χ4v) is 2.12. The average molecular weight is 282 g/mol. The zero-order valence-corrected chi connectivity index (χ0v) is 11.8. The first-order valence-corrected chi connectivity index (χ1v) is 6.53. The number of halogens is 1. The van der Waals surface area contributed by atoms with E-state index in [1.54, 1.807) is 11.0 Å². The lowest BCUT2D eigenvalue weighted by atomic mass is 10.2. The molecule has 0 radical (unpaired) electrons. The summed E-state index contributed by atoms with van der Waals surface area (Å²) in [5.41, 5.74) is 0.870. The van der Waals surface area contributed by atoms with Gasteiger partial charge in [0.05, 0.1) is 13.7 Å². The highest BCUT2D eigenvalue weighted by Crippen LogP contribution is 2.18. The Bertz CT molecular complexity index is 481. The number of amides is 1. The molecule has 0 bridgehead atoms. The second kappa shape index (κ2) is 6.56. The van der Waals surface area contributed by atoms with E-state index >= 15 is 0 Å². The smallest absolute Gasteiger partial charge is 0.409 e. The minimum absolute atomic E-state index is 0.246. The van der Waals surface area contributed by atoms with Crippen molar-refractivity contribution in [3.63, 3.8) is 0 Å². The Morgan fingerprint density at radius 2 is 2.30 bits per heavy atom. The Morgan fingerprint density at radius 1 is 1.50 bits per heavy atom. The second-order valence-electron chi connectivity index (χ2n) is 4.81. The first-order chi connectivity index (χ1) is 9.60. The molecule has 1 aliphatic rings. The molecule has 1 aromatic carbocycles. The van der Waals surface area contributed by atoms with Gasteiger partial charge in [0.2, 0.25) is 0 Å². The number of nitrogens with zero attached hydrogens (tertiary/aromatic N) is 2. The van der Waals surface area contributed by atoms with Gasteiger partial charge in [0, 0.05) is 19.6 Å². The van der Waals surface area contributed by atoms with Gasteiger partial charge in [0.15, 0.2) is 11.6 Å². The highest BCUT2D eigenvalue weighted by Gasteiger charge is 2.21. The number of hydrogen-bond donors (Lipinski definition) is 0. The summed E-state index contributed by atoms with van der Waals surface area (Å²) in [6.45, 7) is 3.05. The molecule has 6 heteroatoms. The number of hydrogen-bond acceptors (Lipinski definition) is 4. The van der Waals surface area contributed by atoms with Crippen LogP contribution in [0.15, 0.2) is 18.2 Å². The summed E-state index contributed by atoms with van der Waals surface area (Å²) in [7, 11) is 3.38. The fourth-order valence-electron chi connectivity index (χ4n) is 2.12. The van der Waals surface area contributed by atoms with Gasteiger partial charge in [-0.05, 0) is 24.7 Å². The number of cyclic esters (lactones) is 1. The molecule has 1 aliphatic heterocycles. The number of ether oxygens (including phenoxy) is 2. The predicted octanol–water partition coefficient (Wildman–Crippen LogP) is 1.72. The number of carbonyl (C=O) groups excluding carboxylic acids is 1. The van der Waals surface area contributed by atoms with Gasteiger partial charge in [-0.2, -0.15) is 0 Å². The third kappa shape index (κ3) is 3.60. The molecule has 2 rings (SSSR count). The minimum atomic E-state index is -0.360. The van der Waals surface area contributed by atoms with E-state index in [1.165, 1.54) is 13.2 Å². The van der Waals surface area contributed by atoms with E-state index in [1.807, 2.05) is 18.0 Å². The van der Waals surface area contributed by atoms with Crippen molar-refractivity contribution in [1.82, 2.24) is 9.80 Å². The summed E-state index contributed by atoms with van der Waals surface area (Å²) in [4.78, 5) is 15.0. The van der Waals surface area contributed by atoms with Gasteiger partial charge >= 0.3 is 6.09 Å². The zero-order valence-electron chi connectivity index (χ0n) is 11.8. The maximum Gasteiger partial charge on any atom is 0.409 e. The molecular formula is C14H19FN2O3. The van der Waals surface area contributed by atoms with Gasteiger partial charge in [0.1, 0.15) is 6.61 Å². The van der Waals surface area contributed by atoms with Crippen LogP contribution in [-0.2, 0) is 11.3 Å². The lowest BCUT2D eigenvalue weighted by Gasteiger charge is -2.20. The van der Waals surface area contributed by atoms with E-state index in [0.29, 0.717) is 32.8 Å². The molecule has 0 saturated carbocycles. The molecule has 1 aromatic rings. The van der Waals surface area contributed by atoms with Crippen LogP contribution in [0.4, 0.5) is 9.18 Å². The SMILES string of the molecule is COc1ccc(CN(C)CCN2CCOC2=O)cc1F. The maximum atomic E-state index is 13.6. The molecule has 0 N–H and O–H groups in total. The van der Waals surface area contributed by atoms with Gasteiger partial charge in [-0.3, -0.25) is 0 Å². The molecule has 0 atom stereocenters. The van der Waals surface area contributed by atoms with Gasteiger partial charge < -0.3 is 19.3 Å². The first kappa shape index (κ1) is 14.6. The van der Waals surface area contributed by atoms with Crippen LogP contribution in [0.2, 0.25) is 0 Å². The largest absolute Gasteiger partial charge is 0.494 e. The van der Waals surface area contributed by atoms with Crippen LogP contribution in [0.1, 0.15) is 5.56 Å². The van der Waals surface area contributed by atoms with Crippen LogP contribution in [0.5, 0.6) is 5.75 Å². The normalized spacial score (nSPS) is 14.8. The van der Waals surface area contributed by atoms with Crippen molar-refractivity contribution in [3.8, 4) is 5.75 Å². The summed E-state index contributed by atoms with van der Waals surface area (Å²) >= 11 is 0. The van der Waals surface area contributed by atoms with Crippen molar-refractivity contribution < 1.29 is 18.7 Å². The van der Waals surface area contributed by atoms with Crippen LogP contribution < -0.4 is 4.74 Å². The van der Waals surface area contributed by atoms with Gasteiger partial charge in [0.25, 0.3) is 0 Å². The van der Waals surface area contributed by atoms with Crippen LogP contribution in [0.25, 0.3) is 0 Å². The topological polar surface area (TPSA) is 42.0 Å². The molecule has 0 unspecified atom stereocenters. The van der Waals surface area contributed by atoms with Crippen molar-refractivity contribution in [3.05, 3.63) is 29.6 Å². The molecule has 0 spiro atoms. The fraction of sp³-hybridized carbons (Fsp3) is 0.500. The quantitative estimate of drug-likeness (QED) is 0.796. The Balaban J connectivity index is 1.83. The number of likely N-dealkylation sites (N-methyl/N-ethyl adjacent to an activating group) is 1. The summed E-state index contributed by atoms with van der Waals surface area (Å²) in [6.07, 6.45) is -0.256. The molecule has 1 fully saturated rings. The van der Waals surface area contributed by atoms with Crippen molar-refractivity contribution in [2.24, 2.45) is 0 Å². The molecule has 110 valence electrons. The van der Waals surface area contributed by atoms with Gasteiger partial charge in [-0.1, -0.05) is 6.07 Å². The minimum Gasteiger partial charge on any atom is -0.494 e. The van der Waals surface area contributed by atoms with E-state index in [-0.39, 0.29) is 17.7 Å². The molecule has 0 aromatic heterocycles. The van der Waals surface area contributed by atoms with Crippen molar-refractivity contribution >= 4 is 6.09 Å². The molecule has 1 saturated heterocycles. The second-order valence-corrected chi connectivity index (χ2v) is 4.81.